The summed E-state index contributed by atoms with van der Waals surface area (Å²) in [6, 6.07) is 6.06. The van der Waals surface area contributed by atoms with Crippen LogP contribution in [-0.2, 0) is 4.79 Å². The summed E-state index contributed by atoms with van der Waals surface area (Å²) in [7, 11) is 0. The van der Waals surface area contributed by atoms with Gasteiger partial charge in [0.2, 0.25) is 5.91 Å². The van der Waals surface area contributed by atoms with Crippen LogP contribution in [-0.4, -0.2) is 62.0 Å². The third kappa shape index (κ3) is 6.30. The predicted octanol–water partition coefficient (Wildman–Crippen LogP) is 1.12. The minimum atomic E-state index is -0.564. The normalized spacial score (nSPS) is 16.5. The van der Waals surface area contributed by atoms with Gasteiger partial charge >= 0.3 is 0 Å². The molecule has 7 heteroatoms. The van der Waals surface area contributed by atoms with E-state index in [2.05, 4.69) is 20.9 Å². The van der Waals surface area contributed by atoms with Crippen LogP contribution < -0.4 is 16.0 Å². The largest absolute Gasteiger partial charge is 0.353 e. The molecule has 0 saturated carbocycles. The lowest BCUT2D eigenvalue weighted by molar-refractivity contribution is -0.124. The molecular weight excluding hydrogens is 340 g/mol. The van der Waals surface area contributed by atoms with E-state index in [-0.39, 0.29) is 17.7 Å². The summed E-state index contributed by atoms with van der Waals surface area (Å²) >= 11 is 5.84. The zero-order valence-electron chi connectivity index (χ0n) is 14.8. The summed E-state index contributed by atoms with van der Waals surface area (Å²) in [5, 5.41) is 9.64. The van der Waals surface area contributed by atoms with Crippen molar-refractivity contribution in [3.05, 3.63) is 34.9 Å². The fraction of sp³-hybridized carbons (Fsp3) is 0.556. The Balaban J connectivity index is 1.84. The second kappa shape index (κ2) is 9.75. The highest BCUT2D eigenvalue weighted by Crippen LogP contribution is 2.10. The molecule has 0 bridgehead atoms. The van der Waals surface area contributed by atoms with E-state index < -0.39 is 6.04 Å². The fourth-order valence-electron chi connectivity index (χ4n) is 2.74. The Kier molecular flexibility index (Phi) is 7.68. The SMILES string of the molecule is CC(C)C(NC(=O)c1ccc(Cl)cc1)C(=O)NCCN1CCNCC1. The van der Waals surface area contributed by atoms with Gasteiger partial charge in [-0.25, -0.2) is 0 Å². The molecule has 138 valence electrons. The topological polar surface area (TPSA) is 73.5 Å². The lowest BCUT2D eigenvalue weighted by Crippen LogP contribution is -2.52. The van der Waals surface area contributed by atoms with Crippen molar-refractivity contribution in [2.24, 2.45) is 5.92 Å². The monoisotopic (exact) mass is 366 g/mol. The van der Waals surface area contributed by atoms with Crippen LogP contribution in [0.1, 0.15) is 24.2 Å². The molecule has 1 aliphatic rings. The number of nitrogens with zero attached hydrogens (tertiary/aromatic N) is 1. The van der Waals surface area contributed by atoms with Crippen molar-refractivity contribution in [1.29, 1.82) is 0 Å². The van der Waals surface area contributed by atoms with Gasteiger partial charge in [-0.15, -0.1) is 0 Å². The number of piperazine rings is 1. The van der Waals surface area contributed by atoms with Crippen LogP contribution >= 0.6 is 11.6 Å². The van der Waals surface area contributed by atoms with Crippen LogP contribution in [0.3, 0.4) is 0 Å². The Bertz CT molecular complexity index is 571. The molecule has 0 spiro atoms. The number of benzene rings is 1. The van der Waals surface area contributed by atoms with E-state index in [1.165, 1.54) is 0 Å². The van der Waals surface area contributed by atoms with Gasteiger partial charge in [0.15, 0.2) is 0 Å². The van der Waals surface area contributed by atoms with Crippen LogP contribution in [0.25, 0.3) is 0 Å². The molecule has 1 aromatic carbocycles. The molecular formula is C18H27ClN4O2. The van der Waals surface area contributed by atoms with Crippen LogP contribution in [0, 0.1) is 5.92 Å². The van der Waals surface area contributed by atoms with E-state index in [9.17, 15) is 9.59 Å². The van der Waals surface area contributed by atoms with Crippen LogP contribution in [0.15, 0.2) is 24.3 Å². The van der Waals surface area contributed by atoms with Crippen molar-refractivity contribution in [2.45, 2.75) is 19.9 Å². The molecule has 0 aromatic heterocycles. The first-order chi connectivity index (χ1) is 12.0. The number of halogens is 1. The average molecular weight is 367 g/mol. The number of carbonyl (C=O) groups excluding carboxylic acids is 2. The average Bonchev–Trinajstić information content (AvgIpc) is 2.60. The van der Waals surface area contributed by atoms with Gasteiger partial charge in [0.1, 0.15) is 6.04 Å². The van der Waals surface area contributed by atoms with Gasteiger partial charge in [-0.05, 0) is 30.2 Å². The number of carbonyl (C=O) groups is 2. The molecule has 0 radical (unpaired) electrons. The predicted molar refractivity (Wildman–Crippen MR) is 99.9 cm³/mol. The number of hydrogen-bond acceptors (Lipinski definition) is 4. The summed E-state index contributed by atoms with van der Waals surface area (Å²) < 4.78 is 0. The second-order valence-corrected chi connectivity index (χ2v) is 7.02. The maximum Gasteiger partial charge on any atom is 0.251 e. The lowest BCUT2D eigenvalue weighted by atomic mass is 10.0. The van der Waals surface area contributed by atoms with Gasteiger partial charge in [-0.1, -0.05) is 25.4 Å². The summed E-state index contributed by atoms with van der Waals surface area (Å²) in [4.78, 5) is 27.1. The smallest absolute Gasteiger partial charge is 0.251 e. The molecule has 0 aliphatic carbocycles. The zero-order chi connectivity index (χ0) is 18.2. The highest BCUT2D eigenvalue weighted by molar-refractivity contribution is 6.30. The summed E-state index contributed by atoms with van der Waals surface area (Å²) in [5.74, 6) is -0.421. The van der Waals surface area contributed by atoms with E-state index in [1.54, 1.807) is 24.3 Å². The number of hydrogen-bond donors (Lipinski definition) is 3. The minimum absolute atomic E-state index is 0.00423. The van der Waals surface area contributed by atoms with Crippen molar-refractivity contribution >= 4 is 23.4 Å². The van der Waals surface area contributed by atoms with Crippen molar-refractivity contribution in [3.63, 3.8) is 0 Å². The third-order valence-corrected chi connectivity index (χ3v) is 4.53. The first-order valence-electron chi connectivity index (χ1n) is 8.74. The minimum Gasteiger partial charge on any atom is -0.353 e. The van der Waals surface area contributed by atoms with Crippen LogP contribution in [0.5, 0.6) is 0 Å². The number of rotatable bonds is 7. The molecule has 1 heterocycles. The van der Waals surface area contributed by atoms with Crippen molar-refractivity contribution in [3.8, 4) is 0 Å². The van der Waals surface area contributed by atoms with Crippen LogP contribution in [0.4, 0.5) is 0 Å². The molecule has 1 unspecified atom stereocenters. The summed E-state index contributed by atoms with van der Waals surface area (Å²) in [6.45, 7) is 9.21. The Morgan fingerprint density at radius 3 is 2.44 bits per heavy atom. The summed E-state index contributed by atoms with van der Waals surface area (Å²) in [6.07, 6.45) is 0. The number of amides is 2. The molecule has 1 aromatic rings. The first kappa shape index (κ1) is 19.7. The molecule has 1 aliphatic heterocycles. The van der Waals surface area contributed by atoms with Gasteiger partial charge in [-0.3, -0.25) is 14.5 Å². The fourth-order valence-corrected chi connectivity index (χ4v) is 2.87. The van der Waals surface area contributed by atoms with E-state index in [0.29, 0.717) is 17.1 Å². The van der Waals surface area contributed by atoms with Crippen LogP contribution in [0.2, 0.25) is 5.02 Å². The lowest BCUT2D eigenvalue weighted by Gasteiger charge is -2.28. The molecule has 1 saturated heterocycles. The molecule has 3 N–H and O–H groups in total. The number of nitrogens with one attached hydrogen (secondary N) is 3. The van der Waals surface area contributed by atoms with Gasteiger partial charge < -0.3 is 16.0 Å². The van der Waals surface area contributed by atoms with Crippen molar-refractivity contribution < 1.29 is 9.59 Å². The third-order valence-electron chi connectivity index (χ3n) is 4.28. The Labute approximate surface area is 154 Å². The Morgan fingerprint density at radius 2 is 1.84 bits per heavy atom. The molecule has 6 nitrogen and oxygen atoms in total. The molecule has 1 fully saturated rings. The standard InChI is InChI=1S/C18H27ClN4O2/c1-13(2)16(22-17(24)14-3-5-15(19)6-4-14)18(25)21-9-12-23-10-7-20-8-11-23/h3-6,13,16,20H,7-12H2,1-2H3,(H,21,25)(H,22,24). The van der Waals surface area contributed by atoms with Crippen molar-refractivity contribution in [1.82, 2.24) is 20.9 Å². The van der Waals surface area contributed by atoms with E-state index in [4.69, 9.17) is 11.6 Å². The molecule has 2 amide bonds. The second-order valence-electron chi connectivity index (χ2n) is 6.58. The molecule has 1 atom stereocenters. The van der Waals surface area contributed by atoms with Crippen molar-refractivity contribution in [2.75, 3.05) is 39.3 Å². The highest BCUT2D eigenvalue weighted by Gasteiger charge is 2.24. The van der Waals surface area contributed by atoms with E-state index >= 15 is 0 Å². The Morgan fingerprint density at radius 1 is 1.20 bits per heavy atom. The Hall–Kier alpha value is -1.63. The summed E-state index contributed by atoms with van der Waals surface area (Å²) in [5.41, 5.74) is 0.490. The first-order valence-corrected chi connectivity index (χ1v) is 9.12. The highest BCUT2D eigenvalue weighted by atomic mass is 35.5. The zero-order valence-corrected chi connectivity index (χ0v) is 15.6. The molecule has 2 rings (SSSR count). The maximum absolute atomic E-state index is 12.5. The van der Waals surface area contributed by atoms with E-state index in [1.807, 2.05) is 13.8 Å². The maximum atomic E-state index is 12.5. The van der Waals surface area contributed by atoms with E-state index in [0.717, 1.165) is 32.7 Å². The van der Waals surface area contributed by atoms with Gasteiger partial charge in [0, 0.05) is 49.9 Å². The van der Waals surface area contributed by atoms with Gasteiger partial charge in [-0.2, -0.15) is 0 Å². The van der Waals surface area contributed by atoms with Gasteiger partial charge in [0.25, 0.3) is 5.91 Å². The molecule has 25 heavy (non-hydrogen) atoms. The van der Waals surface area contributed by atoms with Gasteiger partial charge in [0.05, 0.1) is 0 Å². The quantitative estimate of drug-likeness (QED) is 0.676.